The van der Waals surface area contributed by atoms with Crippen LogP contribution >= 0.6 is 11.8 Å². The van der Waals surface area contributed by atoms with Gasteiger partial charge in [0.25, 0.3) is 0 Å². The number of amides is 1. The van der Waals surface area contributed by atoms with Crippen molar-refractivity contribution in [3.63, 3.8) is 0 Å². The molecule has 0 atom stereocenters. The minimum Gasteiger partial charge on any atom is -0.344 e. The van der Waals surface area contributed by atoms with Crippen molar-refractivity contribution in [1.29, 1.82) is 0 Å². The molecule has 18 heavy (non-hydrogen) atoms. The first-order valence-electron chi connectivity index (χ1n) is 6.15. The van der Waals surface area contributed by atoms with Crippen molar-refractivity contribution in [3.05, 3.63) is 35.4 Å². The molecule has 1 amide bonds. The van der Waals surface area contributed by atoms with Crippen molar-refractivity contribution in [2.75, 3.05) is 32.9 Å². The summed E-state index contributed by atoms with van der Waals surface area (Å²) in [5.41, 5.74) is 2.54. The van der Waals surface area contributed by atoms with E-state index in [4.69, 9.17) is 0 Å². The van der Waals surface area contributed by atoms with Crippen LogP contribution in [0.1, 0.15) is 11.1 Å². The number of carbonyl (C=O) groups is 1. The highest BCUT2D eigenvalue weighted by Crippen LogP contribution is 2.13. The van der Waals surface area contributed by atoms with Gasteiger partial charge in [-0.2, -0.15) is 0 Å². The van der Waals surface area contributed by atoms with Crippen LogP contribution in [0.15, 0.2) is 24.3 Å². The zero-order valence-electron chi connectivity index (χ0n) is 11.4. The molecule has 0 radical (unpaired) electrons. The van der Waals surface area contributed by atoms with Crippen LogP contribution < -0.4 is 5.32 Å². The normalized spacial score (nSPS) is 10.4. The number of likely N-dealkylation sites (N-methyl/N-ethyl adjacent to an activating group) is 2. The van der Waals surface area contributed by atoms with Gasteiger partial charge in [-0.05, 0) is 19.5 Å². The second kappa shape index (κ2) is 8.16. The smallest absolute Gasteiger partial charge is 0.232 e. The second-order valence-corrected chi connectivity index (χ2v) is 5.38. The maximum atomic E-state index is 11.8. The molecule has 0 aliphatic rings. The molecule has 0 aromatic heterocycles. The van der Waals surface area contributed by atoms with Gasteiger partial charge in [0.2, 0.25) is 5.91 Å². The summed E-state index contributed by atoms with van der Waals surface area (Å²) in [4.78, 5) is 13.5. The summed E-state index contributed by atoms with van der Waals surface area (Å²) in [7, 11) is 3.75. The molecule has 0 bridgehead atoms. The molecule has 3 nitrogen and oxygen atoms in total. The topological polar surface area (TPSA) is 32.3 Å². The first kappa shape index (κ1) is 15.1. The zero-order chi connectivity index (χ0) is 13.4. The quantitative estimate of drug-likeness (QED) is 0.818. The molecule has 1 aromatic rings. The molecule has 0 unspecified atom stereocenters. The lowest BCUT2D eigenvalue weighted by Gasteiger charge is -2.16. The fourth-order valence-electron chi connectivity index (χ4n) is 1.45. The van der Waals surface area contributed by atoms with Crippen molar-refractivity contribution in [2.45, 2.75) is 12.7 Å². The van der Waals surface area contributed by atoms with Crippen LogP contribution in [0.3, 0.4) is 0 Å². The summed E-state index contributed by atoms with van der Waals surface area (Å²) in [6, 6.07) is 8.46. The van der Waals surface area contributed by atoms with Crippen molar-refractivity contribution < 1.29 is 4.79 Å². The number of rotatable bonds is 7. The van der Waals surface area contributed by atoms with Gasteiger partial charge in [-0.1, -0.05) is 29.8 Å². The van der Waals surface area contributed by atoms with Gasteiger partial charge < -0.3 is 10.2 Å². The van der Waals surface area contributed by atoms with E-state index < -0.39 is 0 Å². The van der Waals surface area contributed by atoms with E-state index in [0.717, 1.165) is 18.8 Å². The Bertz CT molecular complexity index is 365. The molecule has 0 saturated carbocycles. The Morgan fingerprint density at radius 3 is 2.61 bits per heavy atom. The summed E-state index contributed by atoms with van der Waals surface area (Å²) in [5, 5.41) is 3.04. The third-order valence-corrected chi connectivity index (χ3v) is 3.73. The lowest BCUT2D eigenvalue weighted by molar-refractivity contribution is -0.127. The van der Waals surface area contributed by atoms with Crippen LogP contribution in [0, 0.1) is 6.92 Å². The second-order valence-electron chi connectivity index (χ2n) is 4.40. The number of hydrogen-bond acceptors (Lipinski definition) is 3. The predicted octanol–water partition coefficient (Wildman–Crippen LogP) is 1.91. The third kappa shape index (κ3) is 5.56. The van der Waals surface area contributed by atoms with E-state index >= 15 is 0 Å². The molecule has 0 saturated heterocycles. The molecule has 4 heteroatoms. The molecular formula is C14H22N2OS. The molecule has 1 rings (SSSR count). The predicted molar refractivity (Wildman–Crippen MR) is 78.9 cm³/mol. The molecule has 0 spiro atoms. The van der Waals surface area contributed by atoms with E-state index in [-0.39, 0.29) is 5.91 Å². The molecule has 1 N–H and O–H groups in total. The number of aryl methyl sites for hydroxylation is 1. The molecule has 0 aliphatic carbocycles. The average molecular weight is 266 g/mol. The van der Waals surface area contributed by atoms with Crippen molar-refractivity contribution in [3.8, 4) is 0 Å². The van der Waals surface area contributed by atoms with E-state index in [2.05, 4.69) is 36.5 Å². The molecule has 1 aromatic carbocycles. The molecule has 0 aliphatic heterocycles. The van der Waals surface area contributed by atoms with E-state index in [9.17, 15) is 4.79 Å². The summed E-state index contributed by atoms with van der Waals surface area (Å²) >= 11 is 1.67. The Kier molecular flexibility index (Phi) is 6.83. The van der Waals surface area contributed by atoms with Crippen LogP contribution in [-0.4, -0.2) is 43.7 Å². The SMILES string of the molecule is CNCCN(C)C(=O)CSCc1ccc(C)cc1. The van der Waals surface area contributed by atoms with Crippen LogP contribution in [0.5, 0.6) is 0 Å². The van der Waals surface area contributed by atoms with Crippen molar-refractivity contribution in [2.24, 2.45) is 0 Å². The number of hydrogen-bond donors (Lipinski definition) is 1. The minimum absolute atomic E-state index is 0.197. The van der Waals surface area contributed by atoms with Crippen LogP contribution in [0.2, 0.25) is 0 Å². The van der Waals surface area contributed by atoms with Gasteiger partial charge in [0.1, 0.15) is 0 Å². The molecular weight excluding hydrogens is 244 g/mol. The number of carbonyl (C=O) groups excluding carboxylic acids is 1. The van der Waals surface area contributed by atoms with Gasteiger partial charge in [0.15, 0.2) is 0 Å². The van der Waals surface area contributed by atoms with Crippen LogP contribution in [0.4, 0.5) is 0 Å². The van der Waals surface area contributed by atoms with E-state index in [1.807, 2.05) is 14.1 Å². The van der Waals surface area contributed by atoms with Crippen LogP contribution in [0.25, 0.3) is 0 Å². The number of benzene rings is 1. The van der Waals surface area contributed by atoms with Crippen molar-refractivity contribution in [1.82, 2.24) is 10.2 Å². The summed E-state index contributed by atoms with van der Waals surface area (Å²) in [5.74, 6) is 1.64. The zero-order valence-corrected chi connectivity index (χ0v) is 12.2. The van der Waals surface area contributed by atoms with E-state index in [1.54, 1.807) is 16.7 Å². The Morgan fingerprint density at radius 2 is 2.00 bits per heavy atom. The standard InChI is InChI=1S/C14H22N2OS/c1-12-4-6-13(7-5-12)10-18-11-14(17)16(3)9-8-15-2/h4-7,15H,8-11H2,1-3H3. The maximum Gasteiger partial charge on any atom is 0.232 e. The van der Waals surface area contributed by atoms with Gasteiger partial charge in [-0.15, -0.1) is 11.8 Å². The lowest BCUT2D eigenvalue weighted by atomic mass is 10.2. The highest BCUT2D eigenvalue weighted by molar-refractivity contribution is 7.99. The fourth-order valence-corrected chi connectivity index (χ4v) is 2.38. The van der Waals surface area contributed by atoms with Gasteiger partial charge in [-0.25, -0.2) is 0 Å². The highest BCUT2D eigenvalue weighted by Gasteiger charge is 2.07. The first-order valence-corrected chi connectivity index (χ1v) is 7.31. The van der Waals surface area contributed by atoms with Crippen LogP contribution in [-0.2, 0) is 10.5 Å². The van der Waals surface area contributed by atoms with Gasteiger partial charge >= 0.3 is 0 Å². The van der Waals surface area contributed by atoms with E-state index in [0.29, 0.717) is 5.75 Å². The van der Waals surface area contributed by atoms with Gasteiger partial charge in [-0.3, -0.25) is 4.79 Å². The Morgan fingerprint density at radius 1 is 1.33 bits per heavy atom. The molecule has 0 fully saturated rings. The minimum atomic E-state index is 0.197. The number of thioether (sulfide) groups is 1. The number of nitrogens with zero attached hydrogens (tertiary/aromatic N) is 1. The Hall–Kier alpha value is -1.00. The molecule has 100 valence electrons. The summed E-state index contributed by atoms with van der Waals surface area (Å²) < 4.78 is 0. The fraction of sp³-hybridized carbons (Fsp3) is 0.500. The van der Waals surface area contributed by atoms with E-state index in [1.165, 1.54) is 11.1 Å². The number of nitrogens with one attached hydrogen (secondary N) is 1. The third-order valence-electron chi connectivity index (χ3n) is 2.74. The Labute approximate surface area is 114 Å². The Balaban J connectivity index is 2.24. The highest BCUT2D eigenvalue weighted by atomic mass is 32.2. The van der Waals surface area contributed by atoms with Crippen molar-refractivity contribution >= 4 is 17.7 Å². The summed E-state index contributed by atoms with van der Waals surface area (Å²) in [6.07, 6.45) is 0. The van der Waals surface area contributed by atoms with Gasteiger partial charge in [0, 0.05) is 25.9 Å². The average Bonchev–Trinajstić information content (AvgIpc) is 2.38. The first-order chi connectivity index (χ1) is 8.63. The van der Waals surface area contributed by atoms with Gasteiger partial charge in [0.05, 0.1) is 5.75 Å². The maximum absolute atomic E-state index is 11.8. The molecule has 0 heterocycles. The lowest BCUT2D eigenvalue weighted by Crippen LogP contribution is -2.33. The monoisotopic (exact) mass is 266 g/mol. The largest absolute Gasteiger partial charge is 0.344 e. The summed E-state index contributed by atoms with van der Waals surface area (Å²) in [6.45, 7) is 3.68.